The van der Waals surface area contributed by atoms with Crippen LogP contribution in [0.15, 0.2) is 41.4 Å². The van der Waals surface area contributed by atoms with Crippen LogP contribution in [0.5, 0.6) is 0 Å². The highest BCUT2D eigenvalue weighted by Gasteiger charge is 2.15. The summed E-state index contributed by atoms with van der Waals surface area (Å²) in [5, 5.41) is 24.4. The largest absolute Gasteiger partial charge is 0.303 e. The van der Waals surface area contributed by atoms with Gasteiger partial charge in [0.25, 0.3) is 0 Å². The van der Waals surface area contributed by atoms with Crippen LogP contribution in [0.2, 0.25) is 0 Å². The maximum atomic E-state index is 9.03. The topological polar surface area (TPSA) is 89.8 Å². The lowest BCUT2D eigenvalue weighted by atomic mass is 10.1. The molecule has 1 heterocycles. The van der Waals surface area contributed by atoms with E-state index in [1.165, 1.54) is 0 Å². The van der Waals surface area contributed by atoms with Crippen LogP contribution in [0.1, 0.15) is 43.6 Å². The highest BCUT2D eigenvalue weighted by Crippen LogP contribution is 2.15. The Kier molecular flexibility index (Phi) is 5.85. The molecule has 0 aliphatic carbocycles. The molecule has 24 heavy (non-hydrogen) atoms. The normalized spacial score (nSPS) is 11.4. The summed E-state index contributed by atoms with van der Waals surface area (Å²) in [5.74, 6) is 0.738. The van der Waals surface area contributed by atoms with Crippen molar-refractivity contribution in [2.75, 3.05) is 6.54 Å². The number of nitriles is 1. The van der Waals surface area contributed by atoms with Crippen molar-refractivity contribution in [3.05, 3.63) is 53.3 Å². The van der Waals surface area contributed by atoms with E-state index in [9.17, 15) is 0 Å². The first kappa shape index (κ1) is 17.4. The van der Waals surface area contributed by atoms with E-state index >= 15 is 0 Å². The molecule has 0 fully saturated rings. The second-order valence-electron chi connectivity index (χ2n) is 5.67. The van der Waals surface area contributed by atoms with Gasteiger partial charge in [0, 0.05) is 6.54 Å². The second-order valence-corrected chi connectivity index (χ2v) is 5.67. The number of hydrogen-bond donors (Lipinski definition) is 2. The minimum Gasteiger partial charge on any atom is -0.303 e. The van der Waals surface area contributed by atoms with Crippen molar-refractivity contribution in [1.82, 2.24) is 15.1 Å². The first-order valence-corrected chi connectivity index (χ1v) is 7.97. The van der Waals surface area contributed by atoms with Crippen molar-refractivity contribution in [2.45, 2.75) is 33.2 Å². The highest BCUT2D eigenvalue weighted by molar-refractivity contribution is 6.03. The Labute approximate surface area is 142 Å². The Morgan fingerprint density at radius 3 is 2.67 bits per heavy atom. The number of hydrogen-bond acceptors (Lipinski definition) is 4. The van der Waals surface area contributed by atoms with E-state index in [0.29, 0.717) is 24.0 Å². The Morgan fingerprint density at radius 2 is 2.08 bits per heavy atom. The number of nitrogens with zero attached hydrogens (tertiary/aromatic N) is 4. The van der Waals surface area contributed by atoms with Gasteiger partial charge < -0.3 is 5.41 Å². The van der Waals surface area contributed by atoms with Gasteiger partial charge in [-0.1, -0.05) is 44.2 Å². The minimum absolute atomic E-state index is 0.194. The molecule has 124 valence electrons. The molecule has 0 saturated heterocycles. The Hall–Kier alpha value is -2.94. The lowest BCUT2D eigenvalue weighted by molar-refractivity contribution is 0.630. The van der Waals surface area contributed by atoms with Crippen LogP contribution < -0.4 is 5.32 Å². The molecular formula is C18H22N6. The summed E-state index contributed by atoms with van der Waals surface area (Å²) in [6, 6.07) is 11.4. The van der Waals surface area contributed by atoms with Crippen LogP contribution in [-0.2, 0) is 6.54 Å². The van der Waals surface area contributed by atoms with Crippen molar-refractivity contribution < 1.29 is 0 Å². The van der Waals surface area contributed by atoms with E-state index < -0.39 is 0 Å². The van der Waals surface area contributed by atoms with Crippen LogP contribution in [0.4, 0.5) is 0 Å². The lowest BCUT2D eigenvalue weighted by Crippen LogP contribution is -2.24. The zero-order valence-electron chi connectivity index (χ0n) is 14.2. The quantitative estimate of drug-likeness (QED) is 0.371. The summed E-state index contributed by atoms with van der Waals surface area (Å²) >= 11 is 0. The molecule has 2 aromatic rings. The third-order valence-corrected chi connectivity index (χ3v) is 3.62. The Bertz CT molecular complexity index is 765. The monoisotopic (exact) mass is 322 g/mol. The van der Waals surface area contributed by atoms with E-state index in [0.717, 1.165) is 17.0 Å². The van der Waals surface area contributed by atoms with E-state index in [2.05, 4.69) is 29.3 Å². The van der Waals surface area contributed by atoms with E-state index in [-0.39, 0.29) is 6.54 Å². The molecule has 6 nitrogen and oxygen atoms in total. The smallest absolute Gasteiger partial charge is 0.182 e. The zero-order valence-corrected chi connectivity index (χ0v) is 14.2. The van der Waals surface area contributed by atoms with Gasteiger partial charge >= 0.3 is 0 Å². The van der Waals surface area contributed by atoms with Crippen LogP contribution in [0.25, 0.3) is 0 Å². The molecule has 0 amide bonds. The van der Waals surface area contributed by atoms with Gasteiger partial charge in [-0.15, -0.1) is 0 Å². The van der Waals surface area contributed by atoms with Crippen molar-refractivity contribution in [3.63, 3.8) is 0 Å². The Morgan fingerprint density at radius 1 is 1.38 bits per heavy atom. The van der Waals surface area contributed by atoms with E-state index in [1.54, 1.807) is 0 Å². The summed E-state index contributed by atoms with van der Waals surface area (Å²) in [7, 11) is 0. The summed E-state index contributed by atoms with van der Waals surface area (Å²) < 4.78 is 1.82. The number of aryl methyl sites for hydroxylation is 1. The number of nitrogens with one attached hydrogen (secondary N) is 2. The first-order valence-electron chi connectivity index (χ1n) is 7.97. The first-order chi connectivity index (χ1) is 11.6. The number of rotatable bonds is 6. The highest BCUT2D eigenvalue weighted by atomic mass is 15.3. The van der Waals surface area contributed by atoms with Crippen molar-refractivity contribution in [3.8, 4) is 6.19 Å². The second kappa shape index (κ2) is 8.06. The van der Waals surface area contributed by atoms with Gasteiger partial charge in [-0.25, -0.2) is 0 Å². The molecule has 1 aromatic heterocycles. The number of benzene rings is 1. The van der Waals surface area contributed by atoms with Crippen molar-refractivity contribution in [1.29, 1.82) is 10.7 Å². The number of aliphatic imine (C=N–C) groups is 1. The van der Waals surface area contributed by atoms with Crippen molar-refractivity contribution >= 4 is 11.5 Å². The van der Waals surface area contributed by atoms with Crippen LogP contribution >= 0.6 is 0 Å². The van der Waals surface area contributed by atoms with E-state index in [4.69, 9.17) is 10.7 Å². The fraction of sp³-hybridized carbons (Fsp3) is 0.333. The molecule has 0 unspecified atom stereocenters. The van der Waals surface area contributed by atoms with Crippen molar-refractivity contribution in [2.24, 2.45) is 4.99 Å². The average molecular weight is 322 g/mol. The summed E-state index contributed by atoms with van der Waals surface area (Å²) in [6.45, 7) is 7.03. The molecule has 0 spiro atoms. The fourth-order valence-corrected chi connectivity index (χ4v) is 2.28. The van der Waals surface area contributed by atoms with E-state index in [1.807, 2.05) is 54.2 Å². The third kappa shape index (κ3) is 4.07. The maximum Gasteiger partial charge on any atom is 0.182 e. The molecule has 0 aliphatic rings. The number of amidine groups is 1. The van der Waals surface area contributed by atoms with Crippen LogP contribution in [0.3, 0.4) is 0 Å². The molecule has 1 aromatic carbocycles. The van der Waals surface area contributed by atoms with Gasteiger partial charge in [0.2, 0.25) is 0 Å². The zero-order chi connectivity index (χ0) is 17.5. The third-order valence-electron chi connectivity index (χ3n) is 3.62. The summed E-state index contributed by atoms with van der Waals surface area (Å²) in [6.07, 6.45) is 1.93. The van der Waals surface area contributed by atoms with Gasteiger partial charge in [-0.3, -0.25) is 15.0 Å². The van der Waals surface area contributed by atoms with Gasteiger partial charge in [-0.05, 0) is 24.5 Å². The van der Waals surface area contributed by atoms with Gasteiger partial charge in [0.15, 0.2) is 12.0 Å². The van der Waals surface area contributed by atoms with Crippen LogP contribution in [0, 0.1) is 16.9 Å². The summed E-state index contributed by atoms with van der Waals surface area (Å²) in [4.78, 5) is 4.44. The Balaban J connectivity index is 2.29. The lowest BCUT2D eigenvalue weighted by Gasteiger charge is -2.07. The number of aromatic nitrogens is 2. The molecule has 0 radical (unpaired) electrons. The minimum atomic E-state index is 0.194. The predicted molar refractivity (Wildman–Crippen MR) is 95.4 cm³/mol. The maximum absolute atomic E-state index is 9.03. The molecule has 0 atom stereocenters. The molecular weight excluding hydrogens is 300 g/mol. The molecule has 0 bridgehead atoms. The predicted octanol–water partition coefficient (Wildman–Crippen LogP) is 2.91. The SMILES string of the molecule is CCn1nc(C(C)C)cc1C(=NCC(=N)c1ccccc1)NC#N. The standard InChI is InChI=1S/C18H22N6/c1-4-24-17(10-16(23-24)13(2)3)18(22-12-19)21-11-15(20)14-8-6-5-7-9-14/h5-10,13,20H,4,11H2,1-3H3,(H,21,22). The fourth-order valence-electron chi connectivity index (χ4n) is 2.28. The molecule has 0 aliphatic heterocycles. The summed E-state index contributed by atoms with van der Waals surface area (Å²) in [5.41, 5.74) is 2.95. The molecule has 0 saturated carbocycles. The van der Waals surface area contributed by atoms with Gasteiger partial charge in [0.05, 0.1) is 18.0 Å². The molecule has 2 rings (SSSR count). The van der Waals surface area contributed by atoms with Gasteiger partial charge in [-0.2, -0.15) is 10.4 Å². The van der Waals surface area contributed by atoms with Crippen LogP contribution in [-0.4, -0.2) is 27.9 Å². The molecule has 6 heteroatoms. The average Bonchev–Trinajstić information content (AvgIpc) is 3.03. The van der Waals surface area contributed by atoms with Gasteiger partial charge in [0.1, 0.15) is 5.69 Å². The molecule has 2 N–H and O–H groups in total.